The van der Waals surface area contributed by atoms with Crippen molar-refractivity contribution < 1.29 is 9.53 Å². The van der Waals surface area contributed by atoms with Gasteiger partial charge in [0.25, 0.3) is 5.91 Å². The molecule has 4 aromatic rings. The first-order valence-corrected chi connectivity index (χ1v) is 9.40. The lowest BCUT2D eigenvalue weighted by atomic mass is 10.1. The van der Waals surface area contributed by atoms with Gasteiger partial charge in [0, 0.05) is 24.4 Å². The van der Waals surface area contributed by atoms with Gasteiger partial charge in [-0.2, -0.15) is 5.26 Å². The Bertz CT molecular complexity index is 1220. The summed E-state index contributed by atoms with van der Waals surface area (Å²) in [5, 5.41) is 17.4. The van der Waals surface area contributed by atoms with Crippen molar-refractivity contribution in [3.8, 4) is 11.8 Å². The zero-order valence-corrected chi connectivity index (χ0v) is 16.4. The van der Waals surface area contributed by atoms with Crippen LogP contribution in [0.2, 0.25) is 0 Å². The van der Waals surface area contributed by atoms with Crippen LogP contribution in [0.25, 0.3) is 5.65 Å². The molecular formula is C23H19N5O2. The molecule has 0 unspecified atom stereocenters. The van der Waals surface area contributed by atoms with Crippen LogP contribution in [-0.2, 0) is 13.2 Å². The topological polar surface area (TPSA) is 83.5 Å². The normalized spacial score (nSPS) is 10.5. The third-order valence-corrected chi connectivity index (χ3v) is 4.74. The van der Waals surface area contributed by atoms with Gasteiger partial charge in [0.1, 0.15) is 12.4 Å². The van der Waals surface area contributed by atoms with Crippen LogP contribution < -0.4 is 4.74 Å². The van der Waals surface area contributed by atoms with E-state index in [9.17, 15) is 4.79 Å². The monoisotopic (exact) mass is 397 g/mol. The van der Waals surface area contributed by atoms with E-state index in [0.29, 0.717) is 29.2 Å². The number of aromatic nitrogens is 3. The number of benzene rings is 2. The van der Waals surface area contributed by atoms with Crippen LogP contribution >= 0.6 is 0 Å². The SMILES string of the molecule is CN(Cc1nnc2ccccn12)C(=O)c1ccc(OCc2ccccc2C#N)cc1. The molecule has 2 heterocycles. The lowest BCUT2D eigenvalue weighted by Gasteiger charge is -2.16. The minimum absolute atomic E-state index is 0.121. The van der Waals surface area contributed by atoms with Crippen molar-refractivity contribution in [3.05, 3.63) is 95.4 Å². The highest BCUT2D eigenvalue weighted by atomic mass is 16.5. The smallest absolute Gasteiger partial charge is 0.254 e. The molecular weight excluding hydrogens is 378 g/mol. The second kappa shape index (κ2) is 8.45. The van der Waals surface area contributed by atoms with Crippen LogP contribution in [0, 0.1) is 11.3 Å². The summed E-state index contributed by atoms with van der Waals surface area (Å²) in [7, 11) is 1.73. The highest BCUT2D eigenvalue weighted by molar-refractivity contribution is 5.94. The fourth-order valence-electron chi connectivity index (χ4n) is 3.11. The first kappa shape index (κ1) is 19.2. The number of rotatable bonds is 6. The number of nitrogens with zero attached hydrogens (tertiary/aromatic N) is 5. The van der Waals surface area contributed by atoms with Crippen molar-refractivity contribution in [1.29, 1.82) is 5.26 Å². The number of hydrogen-bond donors (Lipinski definition) is 0. The third kappa shape index (κ3) is 3.98. The number of fused-ring (bicyclic) bond motifs is 1. The number of carbonyl (C=O) groups is 1. The first-order valence-electron chi connectivity index (χ1n) is 9.40. The Kier molecular flexibility index (Phi) is 5.39. The molecule has 7 heteroatoms. The van der Waals surface area contributed by atoms with Crippen LogP contribution in [0.3, 0.4) is 0 Å². The minimum Gasteiger partial charge on any atom is -0.489 e. The van der Waals surface area contributed by atoms with E-state index in [0.717, 1.165) is 11.2 Å². The average molecular weight is 397 g/mol. The molecule has 2 aromatic carbocycles. The van der Waals surface area contributed by atoms with Gasteiger partial charge >= 0.3 is 0 Å². The van der Waals surface area contributed by atoms with E-state index in [2.05, 4.69) is 16.3 Å². The summed E-state index contributed by atoms with van der Waals surface area (Å²) in [6.45, 7) is 0.629. The summed E-state index contributed by atoms with van der Waals surface area (Å²) in [5.41, 5.74) is 2.70. The molecule has 0 spiro atoms. The predicted molar refractivity (Wildman–Crippen MR) is 111 cm³/mol. The fourth-order valence-corrected chi connectivity index (χ4v) is 3.11. The molecule has 7 nitrogen and oxygen atoms in total. The molecule has 0 N–H and O–H groups in total. The van der Waals surface area contributed by atoms with Crippen molar-refractivity contribution in [2.75, 3.05) is 7.05 Å². The average Bonchev–Trinajstić information content (AvgIpc) is 3.20. The molecule has 0 radical (unpaired) electrons. The van der Waals surface area contributed by atoms with E-state index in [-0.39, 0.29) is 12.5 Å². The summed E-state index contributed by atoms with van der Waals surface area (Å²) in [5.74, 6) is 1.20. The molecule has 0 atom stereocenters. The van der Waals surface area contributed by atoms with Gasteiger partial charge in [-0.25, -0.2) is 0 Å². The van der Waals surface area contributed by atoms with Crippen molar-refractivity contribution >= 4 is 11.6 Å². The third-order valence-electron chi connectivity index (χ3n) is 4.74. The molecule has 4 rings (SSSR count). The van der Waals surface area contributed by atoms with E-state index in [1.54, 1.807) is 42.3 Å². The standard InChI is InChI=1S/C23H19N5O2/c1-27(15-22-26-25-21-8-4-5-13-28(21)22)23(29)17-9-11-20(12-10-17)30-16-19-7-3-2-6-18(19)14-24/h2-13H,15-16H2,1H3. The second-order valence-corrected chi connectivity index (χ2v) is 6.79. The Morgan fingerprint density at radius 1 is 1.07 bits per heavy atom. The molecule has 2 aromatic heterocycles. The number of nitriles is 1. The molecule has 0 bridgehead atoms. The van der Waals surface area contributed by atoms with Gasteiger partial charge in [-0.3, -0.25) is 9.20 Å². The highest BCUT2D eigenvalue weighted by Crippen LogP contribution is 2.17. The second-order valence-electron chi connectivity index (χ2n) is 6.79. The van der Waals surface area contributed by atoms with E-state index < -0.39 is 0 Å². The number of ether oxygens (including phenoxy) is 1. The Hall–Kier alpha value is -4.18. The van der Waals surface area contributed by atoms with Crippen LogP contribution in [0.1, 0.15) is 27.3 Å². The van der Waals surface area contributed by atoms with Gasteiger partial charge in [0.15, 0.2) is 11.5 Å². The summed E-state index contributed by atoms with van der Waals surface area (Å²) in [4.78, 5) is 14.4. The lowest BCUT2D eigenvalue weighted by Crippen LogP contribution is -2.27. The number of amides is 1. The van der Waals surface area contributed by atoms with Gasteiger partial charge in [-0.05, 0) is 42.5 Å². The molecule has 148 valence electrons. The molecule has 0 aliphatic rings. The van der Waals surface area contributed by atoms with Crippen LogP contribution in [0.4, 0.5) is 0 Å². The Morgan fingerprint density at radius 2 is 1.83 bits per heavy atom. The summed E-state index contributed by atoms with van der Waals surface area (Å²) in [6.07, 6.45) is 1.87. The van der Waals surface area contributed by atoms with Crippen molar-refractivity contribution in [2.45, 2.75) is 13.2 Å². The van der Waals surface area contributed by atoms with Gasteiger partial charge in [-0.15, -0.1) is 10.2 Å². The van der Waals surface area contributed by atoms with Gasteiger partial charge < -0.3 is 9.64 Å². The fraction of sp³-hybridized carbons (Fsp3) is 0.130. The maximum atomic E-state index is 12.8. The Balaban J connectivity index is 1.40. The molecule has 0 aliphatic carbocycles. The summed E-state index contributed by atoms with van der Waals surface area (Å²) in [6, 6.07) is 22.1. The first-order chi connectivity index (χ1) is 14.7. The quantitative estimate of drug-likeness (QED) is 0.498. The number of hydrogen-bond acceptors (Lipinski definition) is 5. The summed E-state index contributed by atoms with van der Waals surface area (Å²) < 4.78 is 7.63. The predicted octanol–water partition coefficient (Wildman–Crippen LogP) is 3.45. The molecule has 0 saturated heterocycles. The van der Waals surface area contributed by atoms with Crippen LogP contribution in [0.5, 0.6) is 5.75 Å². The van der Waals surface area contributed by atoms with Gasteiger partial charge in [-0.1, -0.05) is 24.3 Å². The maximum Gasteiger partial charge on any atom is 0.254 e. The Morgan fingerprint density at radius 3 is 2.63 bits per heavy atom. The zero-order chi connectivity index (χ0) is 20.9. The van der Waals surface area contributed by atoms with Crippen LogP contribution in [-0.4, -0.2) is 32.5 Å². The van der Waals surface area contributed by atoms with Gasteiger partial charge in [0.2, 0.25) is 0 Å². The number of carbonyl (C=O) groups excluding carboxylic acids is 1. The zero-order valence-electron chi connectivity index (χ0n) is 16.4. The molecule has 1 amide bonds. The van der Waals surface area contributed by atoms with Crippen molar-refractivity contribution in [3.63, 3.8) is 0 Å². The van der Waals surface area contributed by atoms with Crippen molar-refractivity contribution in [1.82, 2.24) is 19.5 Å². The van der Waals surface area contributed by atoms with E-state index >= 15 is 0 Å². The van der Waals surface area contributed by atoms with Crippen molar-refractivity contribution in [2.24, 2.45) is 0 Å². The Labute approximate surface area is 173 Å². The minimum atomic E-state index is -0.121. The molecule has 30 heavy (non-hydrogen) atoms. The lowest BCUT2D eigenvalue weighted by molar-refractivity contribution is 0.0781. The van der Waals surface area contributed by atoms with Crippen LogP contribution in [0.15, 0.2) is 72.9 Å². The molecule has 0 saturated carbocycles. The van der Waals surface area contributed by atoms with E-state index in [1.165, 1.54) is 0 Å². The highest BCUT2D eigenvalue weighted by Gasteiger charge is 2.15. The summed E-state index contributed by atoms with van der Waals surface area (Å²) >= 11 is 0. The van der Waals surface area contributed by atoms with E-state index in [1.807, 2.05) is 47.0 Å². The molecule has 0 fully saturated rings. The van der Waals surface area contributed by atoms with Gasteiger partial charge in [0.05, 0.1) is 18.2 Å². The molecule has 0 aliphatic heterocycles. The number of pyridine rings is 1. The maximum absolute atomic E-state index is 12.8. The largest absolute Gasteiger partial charge is 0.489 e. The van der Waals surface area contributed by atoms with E-state index in [4.69, 9.17) is 10.00 Å².